The van der Waals surface area contributed by atoms with Crippen molar-refractivity contribution in [2.24, 2.45) is 5.73 Å². The summed E-state index contributed by atoms with van der Waals surface area (Å²) in [7, 11) is 0. The summed E-state index contributed by atoms with van der Waals surface area (Å²) in [6.45, 7) is 9.90. The summed E-state index contributed by atoms with van der Waals surface area (Å²) >= 11 is 0. The SMILES string of the molecule is CCc1ccccc1NC(=O)C(=O)N1C(C)(C)CC(N)CC1(C)C. The topological polar surface area (TPSA) is 75.4 Å². The highest BCUT2D eigenvalue weighted by Crippen LogP contribution is 2.37. The second kappa shape index (κ2) is 6.55. The molecule has 5 heteroatoms. The minimum atomic E-state index is -0.590. The van der Waals surface area contributed by atoms with Crippen LogP contribution in [0.15, 0.2) is 24.3 Å². The zero-order valence-corrected chi connectivity index (χ0v) is 15.3. The van der Waals surface area contributed by atoms with E-state index in [1.165, 1.54) is 0 Å². The van der Waals surface area contributed by atoms with Crippen LogP contribution in [0.4, 0.5) is 5.69 Å². The molecular formula is C19H29N3O2. The number of carbonyl (C=O) groups excluding carboxylic acids is 2. The zero-order valence-electron chi connectivity index (χ0n) is 15.3. The quantitative estimate of drug-likeness (QED) is 0.818. The van der Waals surface area contributed by atoms with Crippen LogP contribution in [0.25, 0.3) is 0 Å². The monoisotopic (exact) mass is 331 g/mol. The number of hydrogen-bond acceptors (Lipinski definition) is 3. The van der Waals surface area contributed by atoms with E-state index in [2.05, 4.69) is 5.32 Å². The maximum absolute atomic E-state index is 12.9. The van der Waals surface area contributed by atoms with Crippen molar-refractivity contribution in [1.82, 2.24) is 4.90 Å². The Hall–Kier alpha value is -1.88. The summed E-state index contributed by atoms with van der Waals surface area (Å²) in [5.41, 5.74) is 6.94. The number of benzene rings is 1. The lowest BCUT2D eigenvalue weighted by atomic mass is 9.77. The highest BCUT2D eigenvalue weighted by Gasteiger charge is 2.48. The number of hydrogen-bond donors (Lipinski definition) is 2. The number of piperidine rings is 1. The van der Waals surface area contributed by atoms with Gasteiger partial charge >= 0.3 is 11.8 Å². The number of nitrogens with one attached hydrogen (secondary N) is 1. The Labute approximate surface area is 144 Å². The Balaban J connectivity index is 2.24. The molecule has 0 atom stereocenters. The lowest BCUT2D eigenvalue weighted by molar-refractivity contribution is -0.156. The molecule has 1 aromatic rings. The Morgan fingerprint density at radius 3 is 2.25 bits per heavy atom. The van der Waals surface area contributed by atoms with Gasteiger partial charge in [-0.25, -0.2) is 0 Å². The van der Waals surface area contributed by atoms with Gasteiger partial charge in [0, 0.05) is 22.8 Å². The van der Waals surface area contributed by atoms with Crippen molar-refractivity contribution in [1.29, 1.82) is 0 Å². The number of rotatable bonds is 2. The van der Waals surface area contributed by atoms with Crippen molar-refractivity contribution >= 4 is 17.5 Å². The van der Waals surface area contributed by atoms with Crippen LogP contribution in [0.3, 0.4) is 0 Å². The van der Waals surface area contributed by atoms with Gasteiger partial charge in [0.05, 0.1) is 0 Å². The van der Waals surface area contributed by atoms with Crippen LogP contribution in [-0.2, 0) is 16.0 Å². The Morgan fingerprint density at radius 1 is 1.17 bits per heavy atom. The average molecular weight is 331 g/mol. The first kappa shape index (κ1) is 18.5. The third kappa shape index (κ3) is 3.61. The lowest BCUT2D eigenvalue weighted by Crippen LogP contribution is -2.66. The Bertz CT molecular complexity index is 619. The summed E-state index contributed by atoms with van der Waals surface area (Å²) in [4.78, 5) is 27.2. The predicted molar refractivity (Wildman–Crippen MR) is 96.7 cm³/mol. The molecule has 24 heavy (non-hydrogen) atoms. The van der Waals surface area contributed by atoms with Gasteiger partial charge in [-0.15, -0.1) is 0 Å². The fourth-order valence-electron chi connectivity index (χ4n) is 4.14. The standard InChI is InChI=1S/C19H29N3O2/c1-6-13-9-7-8-10-15(13)21-16(23)17(24)22-18(2,3)11-14(20)12-19(22,4)5/h7-10,14H,6,11-12,20H2,1-5H3,(H,21,23). The van der Waals surface area contributed by atoms with Gasteiger partial charge in [-0.2, -0.15) is 0 Å². The average Bonchev–Trinajstić information content (AvgIpc) is 2.44. The largest absolute Gasteiger partial charge is 0.328 e. The van der Waals surface area contributed by atoms with Crippen molar-refractivity contribution in [2.75, 3.05) is 5.32 Å². The summed E-state index contributed by atoms with van der Waals surface area (Å²) in [5.74, 6) is -1.09. The molecule has 2 amide bonds. The number of nitrogens with two attached hydrogens (primary N) is 1. The van der Waals surface area contributed by atoms with Gasteiger partial charge in [0.2, 0.25) is 0 Å². The van der Waals surface area contributed by atoms with E-state index in [0.29, 0.717) is 18.5 Å². The Morgan fingerprint density at radius 2 is 1.71 bits per heavy atom. The number of anilines is 1. The maximum atomic E-state index is 12.9. The van der Waals surface area contributed by atoms with Crippen molar-refractivity contribution in [2.45, 2.75) is 71.0 Å². The van der Waals surface area contributed by atoms with E-state index in [1.54, 1.807) is 4.90 Å². The normalized spacial score (nSPS) is 19.8. The summed E-state index contributed by atoms with van der Waals surface area (Å²) < 4.78 is 0. The summed E-state index contributed by atoms with van der Waals surface area (Å²) in [5, 5.41) is 2.78. The smallest absolute Gasteiger partial charge is 0.313 e. The van der Waals surface area contributed by atoms with Gasteiger partial charge in [0.1, 0.15) is 0 Å². The maximum Gasteiger partial charge on any atom is 0.313 e. The number of likely N-dealkylation sites (tertiary alicyclic amines) is 1. The van der Waals surface area contributed by atoms with Gasteiger partial charge in [-0.1, -0.05) is 25.1 Å². The predicted octanol–water partition coefficient (Wildman–Crippen LogP) is 2.69. The van der Waals surface area contributed by atoms with E-state index in [4.69, 9.17) is 5.73 Å². The van der Waals surface area contributed by atoms with Crippen molar-refractivity contribution < 1.29 is 9.59 Å². The lowest BCUT2D eigenvalue weighted by Gasteiger charge is -2.54. The van der Waals surface area contributed by atoms with Gasteiger partial charge in [0.25, 0.3) is 0 Å². The molecule has 0 saturated carbocycles. The molecule has 0 aromatic heterocycles. The molecular weight excluding hydrogens is 302 g/mol. The molecule has 1 aromatic carbocycles. The molecule has 1 fully saturated rings. The van der Waals surface area contributed by atoms with Gasteiger partial charge < -0.3 is 16.0 Å². The van der Waals surface area contributed by atoms with E-state index in [0.717, 1.165) is 12.0 Å². The molecule has 0 spiro atoms. The molecule has 1 heterocycles. The summed E-state index contributed by atoms with van der Waals surface area (Å²) in [6, 6.07) is 7.59. The van der Waals surface area contributed by atoms with E-state index < -0.39 is 22.9 Å². The number of amides is 2. The molecule has 0 aliphatic carbocycles. The molecule has 0 radical (unpaired) electrons. The second-order valence-electron chi connectivity index (χ2n) is 7.90. The third-order valence-corrected chi connectivity index (χ3v) is 4.78. The van der Waals surface area contributed by atoms with Crippen molar-refractivity contribution in [3.8, 4) is 0 Å². The van der Waals surface area contributed by atoms with Crippen LogP contribution in [0.5, 0.6) is 0 Å². The molecule has 2 rings (SSSR count). The molecule has 5 nitrogen and oxygen atoms in total. The Kier molecular flexibility index (Phi) is 5.04. The van der Waals surface area contributed by atoms with Crippen LogP contribution in [0.1, 0.15) is 53.0 Å². The fraction of sp³-hybridized carbons (Fsp3) is 0.579. The minimum Gasteiger partial charge on any atom is -0.328 e. The highest BCUT2D eigenvalue weighted by molar-refractivity contribution is 6.40. The summed E-state index contributed by atoms with van der Waals surface area (Å²) in [6.07, 6.45) is 2.15. The van der Waals surface area contributed by atoms with E-state index >= 15 is 0 Å². The number of carbonyl (C=O) groups is 2. The van der Waals surface area contributed by atoms with Crippen LogP contribution in [0.2, 0.25) is 0 Å². The first-order valence-electron chi connectivity index (χ1n) is 8.57. The van der Waals surface area contributed by atoms with Crippen molar-refractivity contribution in [3.05, 3.63) is 29.8 Å². The number of para-hydroxylation sites is 1. The van der Waals surface area contributed by atoms with E-state index in [-0.39, 0.29) is 6.04 Å². The van der Waals surface area contributed by atoms with E-state index in [1.807, 2.05) is 58.9 Å². The minimum absolute atomic E-state index is 0.0305. The van der Waals surface area contributed by atoms with Gasteiger partial charge in [-0.05, 0) is 58.6 Å². The van der Waals surface area contributed by atoms with Gasteiger partial charge in [-0.3, -0.25) is 9.59 Å². The molecule has 1 aliphatic rings. The highest BCUT2D eigenvalue weighted by atomic mass is 16.2. The molecule has 0 unspecified atom stereocenters. The molecule has 132 valence electrons. The van der Waals surface area contributed by atoms with Crippen LogP contribution in [0, 0.1) is 0 Å². The van der Waals surface area contributed by atoms with Gasteiger partial charge in [0.15, 0.2) is 0 Å². The van der Waals surface area contributed by atoms with Crippen LogP contribution < -0.4 is 11.1 Å². The molecule has 3 N–H and O–H groups in total. The van der Waals surface area contributed by atoms with Crippen LogP contribution >= 0.6 is 0 Å². The fourth-order valence-corrected chi connectivity index (χ4v) is 4.14. The number of nitrogens with zero attached hydrogens (tertiary/aromatic N) is 1. The zero-order chi connectivity index (χ0) is 18.1. The second-order valence-corrected chi connectivity index (χ2v) is 7.90. The first-order valence-corrected chi connectivity index (χ1v) is 8.57. The molecule has 0 bridgehead atoms. The van der Waals surface area contributed by atoms with Crippen LogP contribution in [-0.4, -0.2) is 33.8 Å². The third-order valence-electron chi connectivity index (χ3n) is 4.78. The van der Waals surface area contributed by atoms with Crippen molar-refractivity contribution in [3.63, 3.8) is 0 Å². The molecule has 1 aliphatic heterocycles. The first-order chi connectivity index (χ1) is 11.1. The van der Waals surface area contributed by atoms with E-state index in [9.17, 15) is 9.59 Å². The molecule has 1 saturated heterocycles. The number of aryl methyl sites for hydroxylation is 1.